The summed E-state index contributed by atoms with van der Waals surface area (Å²) in [4.78, 5) is 0. The van der Waals surface area contributed by atoms with Crippen LogP contribution in [0.1, 0.15) is 5.56 Å². The smallest absolute Gasteiger partial charge is 0.177 e. The molecule has 0 amide bonds. The molecule has 0 aromatic heterocycles. The highest BCUT2D eigenvalue weighted by Crippen LogP contribution is 2.35. The van der Waals surface area contributed by atoms with E-state index < -0.39 is 0 Å². The third-order valence-corrected chi connectivity index (χ3v) is 2.97. The molecule has 4 nitrogen and oxygen atoms in total. The van der Waals surface area contributed by atoms with Crippen molar-refractivity contribution in [2.45, 2.75) is 0 Å². The van der Waals surface area contributed by atoms with Crippen molar-refractivity contribution in [3.63, 3.8) is 0 Å². The first-order valence-corrected chi connectivity index (χ1v) is 6.09. The third kappa shape index (κ3) is 3.19. The quantitative estimate of drug-likeness (QED) is 0.668. The second-order valence-corrected chi connectivity index (χ2v) is 4.27. The molecule has 0 atom stereocenters. The molecule has 104 valence electrons. The Morgan fingerprint density at radius 2 is 1.95 bits per heavy atom. The number of anilines is 1. The van der Waals surface area contributed by atoms with E-state index in [9.17, 15) is 9.50 Å². The molecule has 0 aliphatic rings. The molecule has 2 N–H and O–H groups in total. The molecule has 0 bridgehead atoms. The Morgan fingerprint density at radius 1 is 1.25 bits per heavy atom. The highest BCUT2D eigenvalue weighted by atomic mass is 35.5. The summed E-state index contributed by atoms with van der Waals surface area (Å²) in [5.74, 6) is -0.166. The average Bonchev–Trinajstić information content (AvgIpc) is 2.46. The molecule has 6 heteroatoms. The maximum atomic E-state index is 12.7. The molecule has 20 heavy (non-hydrogen) atoms. The van der Waals surface area contributed by atoms with Gasteiger partial charge in [-0.05, 0) is 36.4 Å². The van der Waals surface area contributed by atoms with E-state index in [-0.39, 0.29) is 16.6 Å². The van der Waals surface area contributed by atoms with Gasteiger partial charge in [0.25, 0.3) is 0 Å². The molecule has 0 aliphatic heterocycles. The first kappa shape index (κ1) is 14.1. The van der Waals surface area contributed by atoms with Crippen LogP contribution in [-0.4, -0.2) is 18.4 Å². The van der Waals surface area contributed by atoms with Gasteiger partial charge in [-0.2, -0.15) is 5.10 Å². The van der Waals surface area contributed by atoms with E-state index in [0.717, 1.165) is 0 Å². The van der Waals surface area contributed by atoms with Crippen LogP contribution >= 0.6 is 11.6 Å². The van der Waals surface area contributed by atoms with Gasteiger partial charge in [-0.15, -0.1) is 0 Å². The fraction of sp³-hybridized carbons (Fsp3) is 0.0714. The summed E-state index contributed by atoms with van der Waals surface area (Å²) >= 11 is 5.98. The highest BCUT2D eigenvalue weighted by molar-refractivity contribution is 6.34. The molecular formula is C14H12ClFN2O2. The number of aromatic hydroxyl groups is 1. The summed E-state index contributed by atoms with van der Waals surface area (Å²) in [5, 5.41) is 13.9. The van der Waals surface area contributed by atoms with Crippen LogP contribution in [0.15, 0.2) is 41.5 Å². The molecule has 0 unspecified atom stereocenters. The molecule has 0 fully saturated rings. The number of hydrazone groups is 1. The van der Waals surface area contributed by atoms with Crippen molar-refractivity contribution in [2.75, 3.05) is 12.5 Å². The van der Waals surface area contributed by atoms with Crippen LogP contribution in [0.5, 0.6) is 11.5 Å². The van der Waals surface area contributed by atoms with Crippen molar-refractivity contribution in [1.82, 2.24) is 0 Å². The molecule has 0 saturated carbocycles. The third-order valence-electron chi connectivity index (χ3n) is 2.57. The largest absolute Gasteiger partial charge is 0.503 e. The van der Waals surface area contributed by atoms with Crippen LogP contribution in [0.4, 0.5) is 10.1 Å². The van der Waals surface area contributed by atoms with Crippen molar-refractivity contribution < 1.29 is 14.2 Å². The number of rotatable bonds is 4. The minimum atomic E-state index is -0.317. The van der Waals surface area contributed by atoms with Crippen LogP contribution in [-0.2, 0) is 0 Å². The molecule has 0 radical (unpaired) electrons. The fourth-order valence-electron chi connectivity index (χ4n) is 1.53. The number of nitrogens with zero attached hydrogens (tertiary/aromatic N) is 1. The lowest BCUT2D eigenvalue weighted by molar-refractivity contribution is 0.373. The summed E-state index contributed by atoms with van der Waals surface area (Å²) in [7, 11) is 1.44. The molecule has 0 saturated heterocycles. The minimum Gasteiger partial charge on any atom is -0.503 e. The van der Waals surface area contributed by atoms with Gasteiger partial charge < -0.3 is 9.84 Å². The normalized spacial score (nSPS) is 10.8. The Bertz CT molecular complexity index is 630. The summed E-state index contributed by atoms with van der Waals surface area (Å²) in [6, 6.07) is 9.00. The number of halogens is 2. The van der Waals surface area contributed by atoms with E-state index in [1.165, 1.54) is 25.5 Å². The van der Waals surface area contributed by atoms with Gasteiger partial charge in [0.2, 0.25) is 0 Å². The Labute approximate surface area is 120 Å². The van der Waals surface area contributed by atoms with E-state index in [2.05, 4.69) is 10.5 Å². The van der Waals surface area contributed by atoms with Crippen molar-refractivity contribution in [3.8, 4) is 11.5 Å². The molecule has 2 aromatic rings. The van der Waals surface area contributed by atoms with Crippen LogP contribution in [0.25, 0.3) is 0 Å². The monoisotopic (exact) mass is 294 g/mol. The molecule has 0 spiro atoms. The number of methoxy groups -OCH3 is 1. The summed E-state index contributed by atoms with van der Waals surface area (Å²) in [5.41, 5.74) is 3.89. The maximum absolute atomic E-state index is 12.7. The average molecular weight is 295 g/mol. The molecule has 2 rings (SSSR count). The second-order valence-electron chi connectivity index (χ2n) is 3.90. The van der Waals surface area contributed by atoms with Gasteiger partial charge in [0.15, 0.2) is 11.5 Å². The van der Waals surface area contributed by atoms with E-state index in [1.54, 1.807) is 24.3 Å². The number of nitrogens with one attached hydrogen (secondary N) is 1. The Morgan fingerprint density at radius 3 is 2.60 bits per heavy atom. The minimum absolute atomic E-state index is 0.139. The second kappa shape index (κ2) is 6.25. The fourth-order valence-corrected chi connectivity index (χ4v) is 1.73. The first-order valence-electron chi connectivity index (χ1n) is 5.72. The lowest BCUT2D eigenvalue weighted by Crippen LogP contribution is -1.93. The molecule has 0 aliphatic carbocycles. The van der Waals surface area contributed by atoms with Crippen LogP contribution in [0.2, 0.25) is 5.02 Å². The van der Waals surface area contributed by atoms with Crippen LogP contribution in [0.3, 0.4) is 0 Å². The van der Waals surface area contributed by atoms with Gasteiger partial charge in [0, 0.05) is 5.56 Å². The summed E-state index contributed by atoms with van der Waals surface area (Å²) in [6.45, 7) is 0. The van der Waals surface area contributed by atoms with Gasteiger partial charge in [-0.25, -0.2) is 4.39 Å². The number of phenols is 1. The molecular weight excluding hydrogens is 283 g/mol. The van der Waals surface area contributed by atoms with E-state index in [1.807, 2.05) is 0 Å². The van der Waals surface area contributed by atoms with Gasteiger partial charge in [0.05, 0.1) is 24.0 Å². The summed E-state index contributed by atoms with van der Waals surface area (Å²) < 4.78 is 17.7. The van der Waals surface area contributed by atoms with Crippen molar-refractivity contribution in [1.29, 1.82) is 0 Å². The van der Waals surface area contributed by atoms with Gasteiger partial charge in [-0.3, -0.25) is 5.43 Å². The lowest BCUT2D eigenvalue weighted by atomic mass is 10.2. The van der Waals surface area contributed by atoms with Crippen LogP contribution in [0, 0.1) is 5.82 Å². The molecule has 2 aromatic carbocycles. The Kier molecular flexibility index (Phi) is 4.42. The SMILES string of the molecule is COc1ccc(C=NNc2ccc(F)cc2)c(Cl)c1O. The predicted molar refractivity (Wildman–Crippen MR) is 77.3 cm³/mol. The maximum Gasteiger partial charge on any atom is 0.177 e. The zero-order chi connectivity index (χ0) is 14.5. The number of ether oxygens (including phenoxy) is 1. The standard InChI is InChI=1S/C14H12ClFN2O2/c1-20-12-7-2-9(13(15)14(12)19)8-17-18-11-5-3-10(16)4-6-11/h2-8,18-19H,1H3. The topological polar surface area (TPSA) is 53.8 Å². The van der Waals surface area contributed by atoms with E-state index >= 15 is 0 Å². The number of benzene rings is 2. The van der Waals surface area contributed by atoms with Gasteiger partial charge >= 0.3 is 0 Å². The zero-order valence-corrected chi connectivity index (χ0v) is 11.4. The Hall–Kier alpha value is -2.27. The number of phenolic OH excluding ortho intramolecular Hbond substituents is 1. The predicted octanol–water partition coefficient (Wildman–Crippen LogP) is 3.64. The van der Waals surface area contributed by atoms with E-state index in [0.29, 0.717) is 17.0 Å². The first-order chi connectivity index (χ1) is 9.61. The van der Waals surface area contributed by atoms with Crippen molar-refractivity contribution >= 4 is 23.5 Å². The van der Waals surface area contributed by atoms with Gasteiger partial charge in [0.1, 0.15) is 5.82 Å². The van der Waals surface area contributed by atoms with Crippen molar-refractivity contribution in [3.05, 3.63) is 52.8 Å². The summed E-state index contributed by atoms with van der Waals surface area (Å²) in [6.07, 6.45) is 1.45. The Balaban J connectivity index is 2.12. The van der Waals surface area contributed by atoms with Crippen LogP contribution < -0.4 is 10.2 Å². The van der Waals surface area contributed by atoms with E-state index in [4.69, 9.17) is 16.3 Å². The highest BCUT2D eigenvalue weighted by Gasteiger charge is 2.09. The number of hydrogen-bond acceptors (Lipinski definition) is 4. The molecule has 0 heterocycles. The zero-order valence-electron chi connectivity index (χ0n) is 10.6. The van der Waals surface area contributed by atoms with Crippen molar-refractivity contribution in [2.24, 2.45) is 5.10 Å². The lowest BCUT2D eigenvalue weighted by Gasteiger charge is -2.06. The number of hydrogen-bond donors (Lipinski definition) is 2. The van der Waals surface area contributed by atoms with Gasteiger partial charge in [-0.1, -0.05) is 11.6 Å².